The molecule has 0 aromatic heterocycles. The van der Waals surface area contributed by atoms with Crippen molar-refractivity contribution in [1.29, 1.82) is 0 Å². The Hall–Kier alpha value is -2.73. The lowest BCUT2D eigenvalue weighted by Gasteiger charge is -2.41. The number of rotatable bonds is 5. The summed E-state index contributed by atoms with van der Waals surface area (Å²) < 4.78 is 28.9. The third kappa shape index (κ3) is 3.78. The highest BCUT2D eigenvalue weighted by atomic mass is 19.3. The number of benzene rings is 2. The van der Waals surface area contributed by atoms with E-state index in [0.717, 1.165) is 11.1 Å². The lowest BCUT2D eigenvalue weighted by molar-refractivity contribution is -0.0812. The summed E-state index contributed by atoms with van der Waals surface area (Å²) in [5.41, 5.74) is 0.904. The monoisotopic (exact) mass is 386 g/mol. The molecule has 1 N–H and O–H groups in total. The zero-order valence-corrected chi connectivity index (χ0v) is 16.0. The third-order valence-electron chi connectivity index (χ3n) is 5.01. The standard InChI is InChI=1S/C22H24F2N2O2/c1-25(2)20(28)26-14-18(17-9-5-3-6-10-17)13-21(26,15-22(23,24)16-27)19-11-7-4-8-12-19/h3-13,27H,14-16H2,1-2H3. The first-order chi connectivity index (χ1) is 13.3. The number of alkyl halides is 2. The van der Waals surface area contributed by atoms with Crippen LogP contribution in [0.3, 0.4) is 0 Å². The number of urea groups is 1. The molecule has 0 spiro atoms. The van der Waals surface area contributed by atoms with Gasteiger partial charge in [-0.15, -0.1) is 0 Å². The first kappa shape index (κ1) is 20.0. The number of aliphatic hydroxyl groups excluding tert-OH is 1. The average Bonchev–Trinajstić information content (AvgIpc) is 3.08. The van der Waals surface area contributed by atoms with Crippen LogP contribution in [-0.4, -0.2) is 54.1 Å². The molecule has 0 saturated carbocycles. The molecule has 0 aliphatic carbocycles. The molecule has 28 heavy (non-hydrogen) atoms. The molecule has 148 valence electrons. The van der Waals surface area contributed by atoms with E-state index in [-0.39, 0.29) is 12.6 Å². The van der Waals surface area contributed by atoms with Gasteiger partial charge in [0, 0.05) is 27.1 Å². The van der Waals surface area contributed by atoms with Crippen molar-refractivity contribution < 1.29 is 18.7 Å². The minimum absolute atomic E-state index is 0.206. The molecule has 1 unspecified atom stereocenters. The van der Waals surface area contributed by atoms with Crippen molar-refractivity contribution in [2.45, 2.75) is 17.9 Å². The van der Waals surface area contributed by atoms with E-state index in [0.29, 0.717) is 5.56 Å². The van der Waals surface area contributed by atoms with Gasteiger partial charge in [0.1, 0.15) is 6.61 Å². The van der Waals surface area contributed by atoms with Crippen molar-refractivity contribution in [3.63, 3.8) is 0 Å². The summed E-state index contributed by atoms with van der Waals surface area (Å²) >= 11 is 0. The minimum atomic E-state index is -3.34. The predicted octanol–water partition coefficient (Wildman–Crippen LogP) is 3.98. The summed E-state index contributed by atoms with van der Waals surface area (Å²) in [5.74, 6) is -3.34. The summed E-state index contributed by atoms with van der Waals surface area (Å²) in [4.78, 5) is 15.8. The van der Waals surface area contributed by atoms with E-state index in [9.17, 15) is 18.7 Å². The Labute approximate surface area is 163 Å². The van der Waals surface area contributed by atoms with Gasteiger partial charge >= 0.3 is 6.03 Å². The highest BCUT2D eigenvalue weighted by molar-refractivity contribution is 5.83. The summed E-state index contributed by atoms with van der Waals surface area (Å²) in [6.07, 6.45) is 1.05. The van der Waals surface area contributed by atoms with Crippen LogP contribution in [0.5, 0.6) is 0 Å². The molecule has 1 atom stereocenters. The zero-order chi connectivity index (χ0) is 20.4. The van der Waals surface area contributed by atoms with Gasteiger partial charge in [-0.2, -0.15) is 0 Å². The second kappa shape index (κ2) is 7.72. The Bertz CT molecular complexity index is 853. The van der Waals surface area contributed by atoms with Crippen LogP contribution in [0.15, 0.2) is 66.7 Å². The fourth-order valence-electron chi connectivity index (χ4n) is 3.69. The minimum Gasteiger partial charge on any atom is -0.390 e. The fourth-order valence-corrected chi connectivity index (χ4v) is 3.69. The molecule has 3 rings (SSSR count). The van der Waals surface area contributed by atoms with Crippen LogP contribution in [0.25, 0.3) is 5.57 Å². The van der Waals surface area contributed by atoms with Crippen LogP contribution in [-0.2, 0) is 5.54 Å². The average molecular weight is 386 g/mol. The Balaban J connectivity index is 2.20. The van der Waals surface area contributed by atoms with Crippen molar-refractivity contribution in [2.75, 3.05) is 27.2 Å². The largest absolute Gasteiger partial charge is 0.390 e. The third-order valence-corrected chi connectivity index (χ3v) is 5.01. The van der Waals surface area contributed by atoms with Gasteiger partial charge < -0.3 is 14.9 Å². The molecule has 0 saturated heterocycles. The molecule has 0 radical (unpaired) electrons. The first-order valence-corrected chi connectivity index (χ1v) is 9.09. The number of amides is 2. The Morgan fingerprint density at radius 1 is 1.11 bits per heavy atom. The number of aliphatic hydroxyl groups is 1. The Kier molecular flexibility index (Phi) is 5.52. The fraction of sp³-hybridized carbons (Fsp3) is 0.318. The molecular weight excluding hydrogens is 362 g/mol. The predicted molar refractivity (Wildman–Crippen MR) is 105 cm³/mol. The smallest absolute Gasteiger partial charge is 0.320 e. The van der Waals surface area contributed by atoms with Gasteiger partial charge in [0.25, 0.3) is 5.92 Å². The number of hydrogen-bond donors (Lipinski definition) is 1. The second-order valence-electron chi connectivity index (χ2n) is 7.28. The van der Waals surface area contributed by atoms with Crippen LogP contribution >= 0.6 is 0 Å². The SMILES string of the molecule is CN(C)C(=O)N1CC(c2ccccc2)=CC1(CC(F)(F)CO)c1ccccc1. The van der Waals surface area contributed by atoms with Gasteiger partial charge in [0.15, 0.2) is 0 Å². The first-order valence-electron chi connectivity index (χ1n) is 9.09. The van der Waals surface area contributed by atoms with Gasteiger partial charge in [-0.25, -0.2) is 13.6 Å². The van der Waals surface area contributed by atoms with Crippen molar-refractivity contribution in [3.05, 3.63) is 77.9 Å². The molecule has 1 heterocycles. The van der Waals surface area contributed by atoms with Crippen molar-refractivity contribution >= 4 is 11.6 Å². The summed E-state index contributed by atoms with van der Waals surface area (Å²) in [6.45, 7) is -1.07. The van der Waals surface area contributed by atoms with Gasteiger partial charge in [-0.1, -0.05) is 60.7 Å². The van der Waals surface area contributed by atoms with Gasteiger partial charge in [0.05, 0.1) is 5.54 Å². The lowest BCUT2D eigenvalue weighted by Crippen LogP contribution is -2.52. The lowest BCUT2D eigenvalue weighted by atomic mass is 9.83. The highest BCUT2D eigenvalue weighted by Crippen LogP contribution is 2.46. The summed E-state index contributed by atoms with van der Waals surface area (Å²) in [7, 11) is 3.20. The van der Waals surface area contributed by atoms with Crippen LogP contribution in [0.2, 0.25) is 0 Å². The van der Waals surface area contributed by atoms with Crippen molar-refractivity contribution in [3.8, 4) is 0 Å². The number of hydrogen-bond acceptors (Lipinski definition) is 2. The van der Waals surface area contributed by atoms with E-state index in [2.05, 4.69) is 0 Å². The highest BCUT2D eigenvalue weighted by Gasteiger charge is 2.51. The molecule has 1 aliphatic heterocycles. The van der Waals surface area contributed by atoms with Gasteiger partial charge in [-0.05, 0) is 22.8 Å². The van der Waals surface area contributed by atoms with Gasteiger partial charge in [-0.3, -0.25) is 0 Å². The van der Waals surface area contributed by atoms with Crippen LogP contribution in [0.4, 0.5) is 13.6 Å². The molecule has 0 fully saturated rings. The van der Waals surface area contributed by atoms with E-state index in [4.69, 9.17) is 0 Å². The van der Waals surface area contributed by atoms with Gasteiger partial charge in [0.2, 0.25) is 0 Å². The molecule has 2 aromatic carbocycles. The molecule has 2 aromatic rings. The maximum absolute atomic E-state index is 14.5. The molecule has 2 amide bonds. The van der Waals surface area contributed by atoms with Crippen LogP contribution in [0.1, 0.15) is 17.5 Å². The Morgan fingerprint density at radius 2 is 1.68 bits per heavy atom. The quantitative estimate of drug-likeness (QED) is 0.845. The Morgan fingerprint density at radius 3 is 2.21 bits per heavy atom. The molecule has 4 nitrogen and oxygen atoms in total. The summed E-state index contributed by atoms with van der Waals surface area (Å²) in [6, 6.07) is 17.9. The van der Waals surface area contributed by atoms with E-state index in [1.165, 1.54) is 9.80 Å². The zero-order valence-electron chi connectivity index (χ0n) is 16.0. The van der Waals surface area contributed by atoms with Crippen LogP contribution < -0.4 is 0 Å². The molecule has 6 heteroatoms. The van der Waals surface area contributed by atoms with Crippen LogP contribution in [0, 0.1) is 0 Å². The normalized spacial score (nSPS) is 19.5. The summed E-state index contributed by atoms with van der Waals surface area (Å²) in [5, 5.41) is 9.25. The second-order valence-corrected chi connectivity index (χ2v) is 7.28. The van der Waals surface area contributed by atoms with E-state index >= 15 is 0 Å². The number of nitrogens with zero attached hydrogens (tertiary/aromatic N) is 2. The number of carbonyl (C=O) groups excluding carboxylic acids is 1. The van der Waals surface area contributed by atoms with E-state index in [1.807, 2.05) is 30.3 Å². The van der Waals surface area contributed by atoms with E-state index in [1.54, 1.807) is 50.5 Å². The van der Waals surface area contributed by atoms with Crippen molar-refractivity contribution in [2.24, 2.45) is 0 Å². The topological polar surface area (TPSA) is 43.8 Å². The number of carbonyl (C=O) groups is 1. The maximum atomic E-state index is 14.5. The number of halogens is 2. The maximum Gasteiger partial charge on any atom is 0.320 e. The molecular formula is C22H24F2N2O2. The van der Waals surface area contributed by atoms with Crippen molar-refractivity contribution in [1.82, 2.24) is 9.80 Å². The molecule has 0 bridgehead atoms. The molecule has 1 aliphatic rings. The van der Waals surface area contributed by atoms with E-state index < -0.39 is 24.5 Å².